The molecule has 0 radical (unpaired) electrons. The molecule has 0 spiro atoms. The van der Waals surface area contributed by atoms with Gasteiger partial charge in [-0.1, -0.05) is 55.8 Å². The molecule has 1 N–H and O–H groups in total. The van der Waals surface area contributed by atoms with Gasteiger partial charge in [-0.15, -0.1) is 0 Å². The van der Waals surface area contributed by atoms with Gasteiger partial charge >= 0.3 is 0 Å². The van der Waals surface area contributed by atoms with E-state index in [2.05, 4.69) is 19.2 Å². The third-order valence-corrected chi connectivity index (χ3v) is 3.92. The molecule has 2 rings (SSSR count). The van der Waals surface area contributed by atoms with Gasteiger partial charge in [0.25, 0.3) is 5.91 Å². The second-order valence-electron chi connectivity index (χ2n) is 5.92. The molecule has 23 heavy (non-hydrogen) atoms. The molecule has 0 fully saturated rings. The maximum atomic E-state index is 12.6. The van der Waals surface area contributed by atoms with Gasteiger partial charge in [-0.05, 0) is 36.1 Å². The molecule has 0 aliphatic carbocycles. The Balaban J connectivity index is 2.19. The largest absolute Gasteiger partial charge is 0.495 e. The highest BCUT2D eigenvalue weighted by Crippen LogP contribution is 2.26. The number of carbonyl (C=O) groups excluding carboxylic acids is 1. The summed E-state index contributed by atoms with van der Waals surface area (Å²) in [6.07, 6.45) is 0.875. The van der Waals surface area contributed by atoms with Gasteiger partial charge < -0.3 is 10.1 Å². The Morgan fingerprint density at radius 1 is 1.17 bits per heavy atom. The molecular formula is C19H22ClNO2. The maximum absolute atomic E-state index is 12.6. The summed E-state index contributed by atoms with van der Waals surface area (Å²) in [5, 5.41) is 3.54. The van der Waals surface area contributed by atoms with E-state index in [0.717, 1.165) is 12.0 Å². The van der Waals surface area contributed by atoms with Gasteiger partial charge in [-0.25, -0.2) is 0 Å². The van der Waals surface area contributed by atoms with Crippen LogP contribution in [0.5, 0.6) is 5.75 Å². The van der Waals surface area contributed by atoms with E-state index in [1.54, 1.807) is 25.3 Å². The van der Waals surface area contributed by atoms with Crippen molar-refractivity contribution in [2.75, 3.05) is 7.11 Å². The Morgan fingerprint density at radius 3 is 2.43 bits per heavy atom. The first-order valence-corrected chi connectivity index (χ1v) is 8.08. The molecule has 0 aliphatic rings. The van der Waals surface area contributed by atoms with Crippen molar-refractivity contribution in [1.82, 2.24) is 5.32 Å². The van der Waals surface area contributed by atoms with Gasteiger partial charge in [-0.3, -0.25) is 4.79 Å². The standard InChI is InChI=1S/C19H22ClNO2/c1-13(2)11-17(14-7-5-4-6-8-14)21-19(22)15-9-10-18(23-3)16(20)12-15/h4-10,12-13,17H,11H2,1-3H3,(H,21,22)/t17-/m1/s1. The highest BCUT2D eigenvalue weighted by Gasteiger charge is 2.17. The number of hydrogen-bond acceptors (Lipinski definition) is 2. The monoisotopic (exact) mass is 331 g/mol. The first-order valence-electron chi connectivity index (χ1n) is 7.70. The normalized spacial score (nSPS) is 12.0. The van der Waals surface area contributed by atoms with E-state index in [9.17, 15) is 4.79 Å². The van der Waals surface area contributed by atoms with Gasteiger partial charge in [-0.2, -0.15) is 0 Å². The van der Waals surface area contributed by atoms with Crippen LogP contribution >= 0.6 is 11.6 Å². The quantitative estimate of drug-likeness (QED) is 0.820. The first kappa shape index (κ1) is 17.4. The lowest BCUT2D eigenvalue weighted by atomic mass is 9.96. The fraction of sp³-hybridized carbons (Fsp3) is 0.316. The minimum Gasteiger partial charge on any atom is -0.495 e. The summed E-state index contributed by atoms with van der Waals surface area (Å²) in [7, 11) is 1.55. The van der Waals surface area contributed by atoms with Crippen LogP contribution in [0.1, 0.15) is 42.2 Å². The summed E-state index contributed by atoms with van der Waals surface area (Å²) in [4.78, 5) is 12.6. The number of rotatable bonds is 6. The zero-order chi connectivity index (χ0) is 16.8. The Kier molecular flexibility index (Phi) is 6.05. The van der Waals surface area contributed by atoms with Crippen molar-refractivity contribution in [2.45, 2.75) is 26.3 Å². The Morgan fingerprint density at radius 2 is 1.87 bits per heavy atom. The summed E-state index contributed by atoms with van der Waals surface area (Å²) in [6.45, 7) is 4.29. The average molecular weight is 332 g/mol. The van der Waals surface area contributed by atoms with Crippen molar-refractivity contribution in [3.05, 3.63) is 64.7 Å². The molecule has 2 aromatic rings. The van der Waals surface area contributed by atoms with Gasteiger partial charge in [0, 0.05) is 5.56 Å². The third kappa shape index (κ3) is 4.73. The predicted octanol–water partition coefficient (Wildman–Crippen LogP) is 4.87. The number of methoxy groups -OCH3 is 1. The Bertz CT molecular complexity index is 656. The second kappa shape index (κ2) is 8.02. The molecule has 0 aliphatic heterocycles. The topological polar surface area (TPSA) is 38.3 Å². The molecule has 0 heterocycles. The minimum atomic E-state index is -0.135. The van der Waals surface area contributed by atoms with Gasteiger partial charge in [0.05, 0.1) is 18.2 Å². The molecule has 122 valence electrons. The lowest BCUT2D eigenvalue weighted by Crippen LogP contribution is -2.29. The predicted molar refractivity (Wildman–Crippen MR) is 94.1 cm³/mol. The molecule has 3 nitrogen and oxygen atoms in total. The van der Waals surface area contributed by atoms with Crippen molar-refractivity contribution in [2.24, 2.45) is 5.92 Å². The summed E-state index contributed by atoms with van der Waals surface area (Å²) in [5.74, 6) is 0.897. The lowest BCUT2D eigenvalue weighted by Gasteiger charge is -2.21. The minimum absolute atomic E-state index is 0.0235. The van der Waals surface area contributed by atoms with Crippen molar-refractivity contribution in [3.8, 4) is 5.75 Å². The van der Waals surface area contributed by atoms with Crippen LogP contribution in [0, 0.1) is 5.92 Å². The molecule has 1 amide bonds. The number of nitrogens with one attached hydrogen (secondary N) is 1. The number of hydrogen-bond donors (Lipinski definition) is 1. The molecule has 0 aromatic heterocycles. The van der Waals surface area contributed by atoms with Crippen LogP contribution in [0.4, 0.5) is 0 Å². The van der Waals surface area contributed by atoms with Crippen LogP contribution < -0.4 is 10.1 Å². The van der Waals surface area contributed by atoms with E-state index >= 15 is 0 Å². The number of carbonyl (C=O) groups is 1. The SMILES string of the molecule is COc1ccc(C(=O)N[C@H](CC(C)C)c2ccccc2)cc1Cl. The van der Waals surface area contributed by atoms with Gasteiger partial charge in [0.15, 0.2) is 0 Å². The fourth-order valence-electron chi connectivity index (χ4n) is 2.48. The van der Waals surface area contributed by atoms with Crippen LogP contribution in [0.15, 0.2) is 48.5 Å². The highest BCUT2D eigenvalue weighted by molar-refractivity contribution is 6.32. The molecule has 0 unspecified atom stereocenters. The molecule has 4 heteroatoms. The van der Waals surface area contributed by atoms with Crippen molar-refractivity contribution < 1.29 is 9.53 Å². The highest BCUT2D eigenvalue weighted by atomic mass is 35.5. The first-order chi connectivity index (χ1) is 11.0. The van der Waals surface area contributed by atoms with Crippen LogP contribution in [0.3, 0.4) is 0 Å². The van der Waals surface area contributed by atoms with Gasteiger partial charge in [0.1, 0.15) is 5.75 Å². The van der Waals surface area contributed by atoms with E-state index in [1.165, 1.54) is 0 Å². The van der Waals surface area contributed by atoms with E-state index in [-0.39, 0.29) is 11.9 Å². The zero-order valence-corrected chi connectivity index (χ0v) is 14.4. The fourth-order valence-corrected chi connectivity index (χ4v) is 2.74. The average Bonchev–Trinajstić information content (AvgIpc) is 2.54. The van der Waals surface area contributed by atoms with Crippen LogP contribution in [-0.4, -0.2) is 13.0 Å². The van der Waals surface area contributed by atoms with Gasteiger partial charge in [0.2, 0.25) is 0 Å². The Labute approximate surface area is 142 Å². The third-order valence-electron chi connectivity index (χ3n) is 3.63. The van der Waals surface area contributed by atoms with Crippen molar-refractivity contribution in [3.63, 3.8) is 0 Å². The van der Waals surface area contributed by atoms with E-state index in [0.29, 0.717) is 22.3 Å². The number of ether oxygens (including phenoxy) is 1. The van der Waals surface area contributed by atoms with Crippen LogP contribution in [0.2, 0.25) is 5.02 Å². The molecule has 0 saturated carbocycles. The van der Waals surface area contributed by atoms with Crippen molar-refractivity contribution >= 4 is 17.5 Å². The summed E-state index contributed by atoms with van der Waals surface area (Å²) in [5.41, 5.74) is 1.63. The second-order valence-corrected chi connectivity index (χ2v) is 6.32. The molecule has 2 aromatic carbocycles. The van der Waals surface area contributed by atoms with Crippen LogP contribution in [-0.2, 0) is 0 Å². The summed E-state index contributed by atoms with van der Waals surface area (Å²) < 4.78 is 5.12. The maximum Gasteiger partial charge on any atom is 0.251 e. The number of amides is 1. The molecule has 0 bridgehead atoms. The molecule has 0 saturated heterocycles. The molecular weight excluding hydrogens is 310 g/mol. The van der Waals surface area contributed by atoms with Crippen LogP contribution in [0.25, 0.3) is 0 Å². The number of halogens is 1. The zero-order valence-electron chi connectivity index (χ0n) is 13.7. The molecule has 1 atom stereocenters. The lowest BCUT2D eigenvalue weighted by molar-refractivity contribution is 0.0932. The van der Waals surface area contributed by atoms with E-state index in [1.807, 2.05) is 30.3 Å². The Hall–Kier alpha value is -2.00. The number of benzene rings is 2. The van der Waals surface area contributed by atoms with Crippen molar-refractivity contribution in [1.29, 1.82) is 0 Å². The van der Waals surface area contributed by atoms with E-state index < -0.39 is 0 Å². The summed E-state index contributed by atoms with van der Waals surface area (Å²) >= 11 is 6.11. The van der Waals surface area contributed by atoms with E-state index in [4.69, 9.17) is 16.3 Å². The smallest absolute Gasteiger partial charge is 0.251 e. The summed E-state index contributed by atoms with van der Waals surface area (Å²) in [6, 6.07) is 15.0.